The number of aryl methyl sites for hydroxylation is 1. The summed E-state index contributed by atoms with van der Waals surface area (Å²) in [5.41, 5.74) is 7.94. The van der Waals surface area contributed by atoms with E-state index in [9.17, 15) is 26.8 Å². The number of hydrogen-bond acceptors (Lipinski definition) is 5. The van der Waals surface area contributed by atoms with Crippen LogP contribution in [0, 0.1) is 11.6 Å². The summed E-state index contributed by atoms with van der Waals surface area (Å²) in [4.78, 5) is 27.1. The first-order valence-electron chi connectivity index (χ1n) is 11.1. The van der Waals surface area contributed by atoms with Gasteiger partial charge in [-0.15, -0.1) is 0 Å². The molecule has 3 atom stereocenters. The summed E-state index contributed by atoms with van der Waals surface area (Å²) < 4.78 is 50.7. The maximum atomic E-state index is 13.7. The number of sulfone groups is 1. The maximum absolute atomic E-state index is 13.7. The van der Waals surface area contributed by atoms with Gasteiger partial charge in [0.2, 0.25) is 5.91 Å². The van der Waals surface area contributed by atoms with E-state index in [1.807, 2.05) is 0 Å². The van der Waals surface area contributed by atoms with Crippen molar-refractivity contribution in [1.29, 1.82) is 0 Å². The van der Waals surface area contributed by atoms with Gasteiger partial charge in [-0.2, -0.15) is 0 Å². The molecule has 2 aliphatic rings. The number of halogens is 2. The molecule has 7 nitrogen and oxygen atoms in total. The molecule has 3 N–H and O–H groups in total. The second kappa shape index (κ2) is 9.42. The molecule has 1 fully saturated rings. The molecule has 1 heterocycles. The zero-order chi connectivity index (χ0) is 24.6. The first kappa shape index (κ1) is 24.3. The van der Waals surface area contributed by atoms with Crippen LogP contribution in [0.2, 0.25) is 0 Å². The van der Waals surface area contributed by atoms with Gasteiger partial charge in [0.1, 0.15) is 0 Å². The highest BCUT2D eigenvalue weighted by molar-refractivity contribution is 7.90. The monoisotopic (exact) mass is 491 g/mol. The van der Waals surface area contributed by atoms with Gasteiger partial charge in [-0.1, -0.05) is 6.07 Å². The Morgan fingerprint density at radius 1 is 1.18 bits per heavy atom. The number of nitrogens with two attached hydrogens (primary N) is 1. The summed E-state index contributed by atoms with van der Waals surface area (Å²) in [6.45, 7) is 0.783. The number of carbonyl (C=O) groups is 2. The number of fused-ring (bicyclic) bond motifs is 1. The minimum atomic E-state index is -3.43. The molecule has 4 rings (SSSR count). The number of amides is 2. The molecule has 0 aromatic heterocycles. The minimum absolute atomic E-state index is 0.0634. The Bertz CT molecular complexity index is 1230. The molecule has 182 valence electrons. The fraction of sp³-hybridized carbons (Fsp3) is 0.417. The zero-order valence-electron chi connectivity index (χ0n) is 18.8. The Balaban J connectivity index is 1.33. The minimum Gasteiger partial charge on any atom is -0.347 e. The molecule has 10 heteroatoms. The van der Waals surface area contributed by atoms with Crippen molar-refractivity contribution in [2.45, 2.75) is 48.6 Å². The van der Waals surface area contributed by atoms with E-state index in [1.54, 1.807) is 4.90 Å². The summed E-state index contributed by atoms with van der Waals surface area (Å²) in [5.74, 6) is -2.56. The lowest BCUT2D eigenvalue weighted by Crippen LogP contribution is -2.40. The number of carbonyl (C=O) groups excluding carboxylic acids is 2. The van der Waals surface area contributed by atoms with Crippen LogP contribution >= 0.6 is 0 Å². The lowest BCUT2D eigenvalue weighted by Gasteiger charge is -2.23. The van der Waals surface area contributed by atoms with E-state index in [-0.39, 0.29) is 34.7 Å². The molecule has 2 aromatic carbocycles. The van der Waals surface area contributed by atoms with Crippen molar-refractivity contribution >= 4 is 21.7 Å². The van der Waals surface area contributed by atoms with Gasteiger partial charge >= 0.3 is 0 Å². The van der Waals surface area contributed by atoms with Gasteiger partial charge in [-0.25, -0.2) is 17.2 Å². The van der Waals surface area contributed by atoms with Crippen molar-refractivity contribution in [2.24, 2.45) is 5.73 Å². The largest absolute Gasteiger partial charge is 0.347 e. The SMILES string of the molecule is CS(=O)(=O)c1cccc(C(=O)N[C@@H]2CCN(C(=O)C[C@H](N)[C@H]3CCc4cc(F)c(F)cc43)C2)c1. The number of rotatable bonds is 6. The van der Waals surface area contributed by atoms with Gasteiger partial charge in [-0.05, 0) is 60.7 Å². The van der Waals surface area contributed by atoms with Crippen LogP contribution in [0.25, 0.3) is 0 Å². The summed E-state index contributed by atoms with van der Waals surface area (Å²) in [6.07, 6.45) is 2.94. The molecule has 2 amide bonds. The van der Waals surface area contributed by atoms with Gasteiger partial charge in [0.25, 0.3) is 5.91 Å². The zero-order valence-corrected chi connectivity index (χ0v) is 19.6. The third kappa shape index (κ3) is 5.12. The van der Waals surface area contributed by atoms with Crippen LogP contribution in [0.5, 0.6) is 0 Å². The van der Waals surface area contributed by atoms with Gasteiger partial charge in [0.05, 0.1) is 4.90 Å². The third-order valence-electron chi connectivity index (χ3n) is 6.63. The summed E-state index contributed by atoms with van der Waals surface area (Å²) in [6, 6.07) is 7.41. The van der Waals surface area contributed by atoms with E-state index in [0.29, 0.717) is 37.9 Å². The second-order valence-corrected chi connectivity index (χ2v) is 11.1. The Morgan fingerprint density at radius 3 is 2.65 bits per heavy atom. The van der Waals surface area contributed by atoms with Gasteiger partial charge < -0.3 is 16.0 Å². The number of nitrogens with one attached hydrogen (secondary N) is 1. The fourth-order valence-corrected chi connectivity index (χ4v) is 5.46. The average molecular weight is 492 g/mol. The Kier molecular flexibility index (Phi) is 6.73. The van der Waals surface area contributed by atoms with Crippen LogP contribution < -0.4 is 11.1 Å². The molecule has 0 unspecified atom stereocenters. The van der Waals surface area contributed by atoms with E-state index in [4.69, 9.17) is 5.73 Å². The Labute approximate surface area is 197 Å². The van der Waals surface area contributed by atoms with Gasteiger partial charge in [0, 0.05) is 49.3 Å². The second-order valence-electron chi connectivity index (χ2n) is 9.08. The predicted octanol–water partition coefficient (Wildman–Crippen LogP) is 2.15. The first-order chi connectivity index (χ1) is 16.0. The van der Waals surface area contributed by atoms with Crippen LogP contribution in [0.4, 0.5) is 8.78 Å². The van der Waals surface area contributed by atoms with Crippen molar-refractivity contribution < 1.29 is 26.8 Å². The van der Waals surface area contributed by atoms with Crippen molar-refractivity contribution in [3.63, 3.8) is 0 Å². The number of hydrogen-bond donors (Lipinski definition) is 2. The summed E-state index contributed by atoms with van der Waals surface area (Å²) in [5, 5.41) is 2.86. The van der Waals surface area contributed by atoms with Crippen LogP contribution in [-0.2, 0) is 21.1 Å². The van der Waals surface area contributed by atoms with Crippen LogP contribution in [0.3, 0.4) is 0 Å². The van der Waals surface area contributed by atoms with Gasteiger partial charge in [0.15, 0.2) is 21.5 Å². The topological polar surface area (TPSA) is 110 Å². The number of nitrogens with zero attached hydrogens (tertiary/aromatic N) is 1. The van der Waals surface area contributed by atoms with E-state index < -0.39 is 33.4 Å². The molecule has 0 radical (unpaired) electrons. The molecular weight excluding hydrogens is 464 g/mol. The Morgan fingerprint density at radius 2 is 1.91 bits per heavy atom. The molecule has 1 saturated heterocycles. The van der Waals surface area contributed by atoms with Gasteiger partial charge in [-0.3, -0.25) is 9.59 Å². The predicted molar refractivity (Wildman–Crippen MR) is 122 cm³/mol. The molecule has 0 spiro atoms. The van der Waals surface area contributed by atoms with Crippen molar-refractivity contribution in [2.75, 3.05) is 19.3 Å². The molecule has 1 aliphatic carbocycles. The summed E-state index contributed by atoms with van der Waals surface area (Å²) in [7, 11) is -3.43. The summed E-state index contributed by atoms with van der Waals surface area (Å²) >= 11 is 0. The van der Waals surface area contributed by atoms with Crippen LogP contribution in [-0.4, -0.2) is 56.6 Å². The van der Waals surface area contributed by atoms with Crippen LogP contribution in [0.15, 0.2) is 41.3 Å². The quantitative estimate of drug-likeness (QED) is 0.644. The molecule has 34 heavy (non-hydrogen) atoms. The van der Waals surface area contributed by atoms with E-state index in [0.717, 1.165) is 11.8 Å². The van der Waals surface area contributed by atoms with E-state index in [2.05, 4.69) is 5.32 Å². The van der Waals surface area contributed by atoms with E-state index in [1.165, 1.54) is 36.4 Å². The molecule has 0 saturated carbocycles. The number of likely N-dealkylation sites (tertiary alicyclic amines) is 1. The highest BCUT2D eigenvalue weighted by atomic mass is 32.2. The highest BCUT2D eigenvalue weighted by Gasteiger charge is 2.33. The third-order valence-corrected chi connectivity index (χ3v) is 7.74. The first-order valence-corrected chi connectivity index (χ1v) is 13.0. The van der Waals surface area contributed by atoms with Crippen molar-refractivity contribution in [1.82, 2.24) is 10.2 Å². The Hall–Kier alpha value is -2.85. The maximum Gasteiger partial charge on any atom is 0.251 e. The smallest absolute Gasteiger partial charge is 0.251 e. The molecule has 1 aliphatic heterocycles. The molecule has 0 bridgehead atoms. The van der Waals surface area contributed by atoms with Crippen molar-refractivity contribution in [3.05, 3.63) is 64.7 Å². The average Bonchev–Trinajstić information content (AvgIpc) is 3.40. The number of benzene rings is 2. The lowest BCUT2D eigenvalue weighted by molar-refractivity contribution is -0.130. The van der Waals surface area contributed by atoms with E-state index >= 15 is 0 Å². The normalized spacial score (nSPS) is 20.8. The molecule has 2 aromatic rings. The van der Waals surface area contributed by atoms with Crippen molar-refractivity contribution in [3.8, 4) is 0 Å². The molecular formula is C24H27F2N3O4S. The lowest BCUT2D eigenvalue weighted by atomic mass is 9.91. The standard InChI is InChI=1S/C24H27F2N3O4S/c1-34(32,33)17-4-2-3-15(9-17)24(31)28-16-7-8-29(13-16)23(30)12-22(27)18-6-5-14-10-20(25)21(26)11-19(14)18/h2-4,9-11,16,18,22H,5-8,12-13,27H2,1H3,(H,28,31)/t16-,18+,22+/m1/s1. The highest BCUT2D eigenvalue weighted by Crippen LogP contribution is 2.37. The fourth-order valence-electron chi connectivity index (χ4n) is 4.79. The van der Waals surface area contributed by atoms with Crippen LogP contribution in [0.1, 0.15) is 46.7 Å².